The van der Waals surface area contributed by atoms with Gasteiger partial charge in [0.05, 0.1) is 0 Å². The van der Waals surface area contributed by atoms with Crippen molar-refractivity contribution in [3.05, 3.63) is 22.8 Å². The summed E-state index contributed by atoms with van der Waals surface area (Å²) >= 11 is 5.78. The molecule has 0 aromatic heterocycles. The highest BCUT2D eigenvalue weighted by atomic mass is 35.5. The number of allylic oxidation sites excluding steroid dienone is 3. The first kappa shape index (κ1) is 9.53. The van der Waals surface area contributed by atoms with E-state index in [0.29, 0.717) is 17.4 Å². The Balaban J connectivity index is 2.83. The fourth-order valence-corrected chi connectivity index (χ4v) is 1.64. The van der Waals surface area contributed by atoms with Crippen LogP contribution in [0.15, 0.2) is 22.8 Å². The first-order valence-electron chi connectivity index (χ1n) is 4.06. The van der Waals surface area contributed by atoms with E-state index >= 15 is 0 Å². The van der Waals surface area contributed by atoms with Gasteiger partial charge in [0, 0.05) is 17.0 Å². The summed E-state index contributed by atoms with van der Waals surface area (Å²) in [4.78, 5) is 11.3. The first-order valence-corrected chi connectivity index (χ1v) is 4.44. The third-order valence-corrected chi connectivity index (χ3v) is 2.56. The summed E-state index contributed by atoms with van der Waals surface area (Å²) in [5, 5.41) is 0.642. The molecule has 66 valence electrons. The standard InChI is InChI=1S/C10H13ClO/c1-6(2)8-4-9(7(3)11)10(12)5-8/h8H,1,4-5H2,2-3H3/b9-7+/t8-/m0/s1. The maximum atomic E-state index is 11.3. The number of ketones is 1. The molecule has 0 aromatic rings. The van der Waals surface area contributed by atoms with Gasteiger partial charge in [-0.15, -0.1) is 0 Å². The Kier molecular flexibility index (Phi) is 2.73. The molecule has 0 saturated heterocycles. The van der Waals surface area contributed by atoms with E-state index in [-0.39, 0.29) is 5.78 Å². The van der Waals surface area contributed by atoms with Gasteiger partial charge in [-0.05, 0) is 26.2 Å². The van der Waals surface area contributed by atoms with Gasteiger partial charge in [0.2, 0.25) is 0 Å². The molecule has 1 aliphatic carbocycles. The second kappa shape index (κ2) is 3.44. The van der Waals surface area contributed by atoms with Crippen molar-refractivity contribution in [2.45, 2.75) is 26.7 Å². The maximum Gasteiger partial charge on any atom is 0.160 e. The molecule has 0 heterocycles. The van der Waals surface area contributed by atoms with Crippen molar-refractivity contribution in [1.82, 2.24) is 0 Å². The monoisotopic (exact) mass is 184 g/mol. The van der Waals surface area contributed by atoms with Gasteiger partial charge in [0.1, 0.15) is 0 Å². The Bertz CT molecular complexity index is 259. The van der Waals surface area contributed by atoms with Gasteiger partial charge in [-0.3, -0.25) is 4.79 Å². The Morgan fingerprint density at radius 3 is 2.33 bits per heavy atom. The van der Waals surface area contributed by atoms with E-state index in [1.807, 2.05) is 6.92 Å². The van der Waals surface area contributed by atoms with Crippen molar-refractivity contribution < 1.29 is 4.79 Å². The van der Waals surface area contributed by atoms with E-state index in [1.54, 1.807) is 6.92 Å². The van der Waals surface area contributed by atoms with E-state index in [9.17, 15) is 4.79 Å². The number of hydrogen-bond acceptors (Lipinski definition) is 1. The van der Waals surface area contributed by atoms with Crippen LogP contribution in [-0.4, -0.2) is 5.78 Å². The summed E-state index contributed by atoms with van der Waals surface area (Å²) in [6.45, 7) is 7.58. The topological polar surface area (TPSA) is 17.1 Å². The Morgan fingerprint density at radius 2 is 2.08 bits per heavy atom. The number of halogens is 1. The lowest BCUT2D eigenvalue weighted by molar-refractivity contribution is -0.114. The zero-order valence-corrected chi connectivity index (χ0v) is 8.24. The molecule has 0 amide bonds. The van der Waals surface area contributed by atoms with E-state index in [1.165, 1.54) is 0 Å². The molecule has 12 heavy (non-hydrogen) atoms. The largest absolute Gasteiger partial charge is 0.294 e. The summed E-state index contributed by atoms with van der Waals surface area (Å²) in [5.41, 5.74) is 1.88. The highest BCUT2D eigenvalue weighted by Crippen LogP contribution is 2.34. The quantitative estimate of drug-likeness (QED) is 0.452. The number of hydrogen-bond donors (Lipinski definition) is 0. The molecule has 0 unspecified atom stereocenters. The van der Waals surface area contributed by atoms with Crippen LogP contribution < -0.4 is 0 Å². The molecule has 2 heteroatoms. The van der Waals surface area contributed by atoms with Gasteiger partial charge in [0.25, 0.3) is 0 Å². The average Bonchev–Trinajstić information content (AvgIpc) is 2.30. The highest BCUT2D eigenvalue weighted by molar-refractivity contribution is 6.31. The van der Waals surface area contributed by atoms with Crippen molar-refractivity contribution in [1.29, 1.82) is 0 Å². The summed E-state index contributed by atoms with van der Waals surface area (Å²) in [5.74, 6) is 0.511. The van der Waals surface area contributed by atoms with Crippen LogP contribution >= 0.6 is 11.6 Å². The second-order valence-corrected chi connectivity index (χ2v) is 3.95. The van der Waals surface area contributed by atoms with Gasteiger partial charge in [-0.2, -0.15) is 0 Å². The SMILES string of the molecule is C=C(C)[C@@H]1CC(=O)/C(=C(\C)Cl)C1. The molecule has 1 fully saturated rings. The second-order valence-electron chi connectivity index (χ2n) is 3.39. The van der Waals surface area contributed by atoms with E-state index in [0.717, 1.165) is 17.6 Å². The first-order chi connectivity index (χ1) is 5.52. The molecule has 0 spiro atoms. The van der Waals surface area contributed by atoms with Crippen LogP contribution in [0.25, 0.3) is 0 Å². The zero-order chi connectivity index (χ0) is 9.30. The number of Topliss-reactive ketones (excluding diaryl/α,β-unsaturated/α-hetero) is 1. The van der Waals surface area contributed by atoms with Crippen LogP contribution in [0.1, 0.15) is 26.7 Å². The summed E-state index contributed by atoms with van der Waals surface area (Å²) in [7, 11) is 0. The minimum atomic E-state index is 0.190. The van der Waals surface area contributed by atoms with Crippen LogP contribution in [0.4, 0.5) is 0 Å². The highest BCUT2D eigenvalue weighted by Gasteiger charge is 2.28. The van der Waals surface area contributed by atoms with Crippen LogP contribution in [-0.2, 0) is 4.79 Å². The van der Waals surface area contributed by atoms with E-state index < -0.39 is 0 Å². The van der Waals surface area contributed by atoms with Crippen LogP contribution in [0.2, 0.25) is 0 Å². The molecule has 0 aromatic carbocycles. The molecule has 0 aliphatic heterocycles. The summed E-state index contributed by atoms with van der Waals surface area (Å²) in [6, 6.07) is 0. The van der Waals surface area contributed by atoms with E-state index in [2.05, 4.69) is 6.58 Å². The number of carbonyl (C=O) groups excluding carboxylic acids is 1. The lowest BCUT2D eigenvalue weighted by atomic mass is 10.0. The van der Waals surface area contributed by atoms with Crippen molar-refractivity contribution in [3.63, 3.8) is 0 Å². The molecular formula is C10H13ClO. The smallest absolute Gasteiger partial charge is 0.160 e. The molecule has 1 aliphatic rings. The summed E-state index contributed by atoms with van der Waals surface area (Å²) < 4.78 is 0. The van der Waals surface area contributed by atoms with Gasteiger partial charge in [0.15, 0.2) is 5.78 Å². The van der Waals surface area contributed by atoms with Crippen molar-refractivity contribution in [3.8, 4) is 0 Å². The molecule has 0 N–H and O–H groups in total. The molecule has 1 rings (SSSR count). The fraction of sp³-hybridized carbons (Fsp3) is 0.500. The molecule has 0 radical (unpaired) electrons. The van der Waals surface area contributed by atoms with Crippen molar-refractivity contribution >= 4 is 17.4 Å². The predicted molar refractivity (Wildman–Crippen MR) is 51.1 cm³/mol. The number of carbonyl (C=O) groups is 1. The normalized spacial score (nSPS) is 27.6. The Morgan fingerprint density at radius 1 is 1.50 bits per heavy atom. The van der Waals surface area contributed by atoms with Crippen LogP contribution in [0, 0.1) is 5.92 Å². The fourth-order valence-electron chi connectivity index (χ4n) is 1.46. The van der Waals surface area contributed by atoms with Crippen LogP contribution in [0.5, 0.6) is 0 Å². The van der Waals surface area contributed by atoms with E-state index in [4.69, 9.17) is 11.6 Å². The Labute approximate surface area is 78.1 Å². The summed E-state index contributed by atoms with van der Waals surface area (Å²) in [6.07, 6.45) is 1.37. The Hall–Kier alpha value is -0.560. The van der Waals surface area contributed by atoms with Gasteiger partial charge in [-0.25, -0.2) is 0 Å². The number of rotatable bonds is 1. The lowest BCUT2D eigenvalue weighted by Crippen LogP contribution is -1.95. The predicted octanol–water partition coefficient (Wildman–Crippen LogP) is 3.05. The van der Waals surface area contributed by atoms with Crippen LogP contribution in [0.3, 0.4) is 0 Å². The molecule has 1 atom stereocenters. The van der Waals surface area contributed by atoms with Gasteiger partial charge >= 0.3 is 0 Å². The molecule has 0 bridgehead atoms. The minimum Gasteiger partial charge on any atom is -0.294 e. The van der Waals surface area contributed by atoms with Gasteiger partial charge in [-0.1, -0.05) is 23.8 Å². The maximum absolute atomic E-state index is 11.3. The molecule has 1 nitrogen and oxygen atoms in total. The van der Waals surface area contributed by atoms with Crippen molar-refractivity contribution in [2.24, 2.45) is 5.92 Å². The zero-order valence-electron chi connectivity index (χ0n) is 7.48. The average molecular weight is 185 g/mol. The lowest BCUT2D eigenvalue weighted by Gasteiger charge is -2.04. The van der Waals surface area contributed by atoms with Crippen molar-refractivity contribution in [2.75, 3.05) is 0 Å². The minimum absolute atomic E-state index is 0.190. The third-order valence-electron chi connectivity index (χ3n) is 2.33. The van der Waals surface area contributed by atoms with Gasteiger partial charge < -0.3 is 0 Å². The third kappa shape index (κ3) is 1.78. The molecule has 1 saturated carbocycles. The molecular weight excluding hydrogens is 172 g/mol.